The van der Waals surface area contributed by atoms with Crippen molar-refractivity contribution in [3.8, 4) is 0 Å². The number of hydrogen-bond donors (Lipinski definition) is 1. The quantitative estimate of drug-likeness (QED) is 0.709. The normalized spacial score (nSPS) is 10.5. The van der Waals surface area contributed by atoms with Crippen LogP contribution in [0.15, 0.2) is 60.8 Å². The highest BCUT2D eigenvalue weighted by Crippen LogP contribution is 2.18. The zero-order valence-electron chi connectivity index (χ0n) is 15.9. The molecule has 2 aromatic carbocycles. The summed E-state index contributed by atoms with van der Waals surface area (Å²) in [5.74, 6) is 0.316. The third-order valence-electron chi connectivity index (χ3n) is 4.39. The van der Waals surface area contributed by atoms with E-state index in [1.54, 1.807) is 12.3 Å². The molecule has 1 N–H and O–H groups in total. The van der Waals surface area contributed by atoms with Crippen LogP contribution in [0.5, 0.6) is 0 Å². The van der Waals surface area contributed by atoms with Crippen molar-refractivity contribution in [3.05, 3.63) is 83.2 Å². The SMILES string of the molecule is CCN(Cc1ccccc1)c1nccc(C(=O)Nc2ccc(C)cc2C)n1. The van der Waals surface area contributed by atoms with Gasteiger partial charge in [0.1, 0.15) is 5.69 Å². The molecule has 5 nitrogen and oxygen atoms in total. The average molecular weight is 360 g/mol. The number of rotatable bonds is 6. The Morgan fingerprint density at radius 2 is 1.85 bits per heavy atom. The average Bonchev–Trinajstić information content (AvgIpc) is 2.69. The Labute approximate surface area is 160 Å². The lowest BCUT2D eigenvalue weighted by molar-refractivity contribution is 0.102. The van der Waals surface area contributed by atoms with Gasteiger partial charge in [0.05, 0.1) is 0 Å². The highest BCUT2D eigenvalue weighted by Gasteiger charge is 2.14. The van der Waals surface area contributed by atoms with E-state index in [1.165, 1.54) is 5.56 Å². The first-order valence-corrected chi connectivity index (χ1v) is 9.07. The molecule has 0 spiro atoms. The number of aryl methyl sites for hydroxylation is 2. The molecule has 5 heteroatoms. The van der Waals surface area contributed by atoms with Crippen LogP contribution in [-0.4, -0.2) is 22.4 Å². The Kier molecular flexibility index (Phi) is 5.81. The largest absolute Gasteiger partial charge is 0.337 e. The van der Waals surface area contributed by atoms with Gasteiger partial charge in [-0.15, -0.1) is 0 Å². The third-order valence-corrected chi connectivity index (χ3v) is 4.39. The zero-order valence-corrected chi connectivity index (χ0v) is 15.9. The summed E-state index contributed by atoms with van der Waals surface area (Å²) >= 11 is 0. The Morgan fingerprint density at radius 3 is 2.56 bits per heavy atom. The van der Waals surface area contributed by atoms with E-state index >= 15 is 0 Å². The van der Waals surface area contributed by atoms with Gasteiger partial charge in [0.2, 0.25) is 5.95 Å². The Hall–Kier alpha value is -3.21. The minimum atomic E-state index is -0.235. The van der Waals surface area contributed by atoms with Gasteiger partial charge in [-0.1, -0.05) is 48.0 Å². The van der Waals surface area contributed by atoms with E-state index in [0.29, 0.717) is 18.2 Å². The molecule has 0 atom stereocenters. The maximum atomic E-state index is 12.7. The summed E-state index contributed by atoms with van der Waals surface area (Å²) in [6.07, 6.45) is 1.63. The van der Waals surface area contributed by atoms with E-state index in [2.05, 4.69) is 34.3 Å². The molecular weight excluding hydrogens is 336 g/mol. The van der Waals surface area contributed by atoms with E-state index in [-0.39, 0.29) is 5.91 Å². The van der Waals surface area contributed by atoms with Gasteiger partial charge in [-0.25, -0.2) is 9.97 Å². The van der Waals surface area contributed by atoms with E-state index < -0.39 is 0 Å². The van der Waals surface area contributed by atoms with Gasteiger partial charge in [0.15, 0.2) is 0 Å². The molecule has 0 fully saturated rings. The summed E-state index contributed by atoms with van der Waals surface area (Å²) in [4.78, 5) is 23.5. The summed E-state index contributed by atoms with van der Waals surface area (Å²) in [5, 5.41) is 2.94. The number of carbonyl (C=O) groups is 1. The lowest BCUT2D eigenvalue weighted by atomic mass is 10.1. The number of carbonyl (C=O) groups excluding carboxylic acids is 1. The lowest BCUT2D eigenvalue weighted by Crippen LogP contribution is -2.25. The molecule has 3 rings (SSSR count). The van der Waals surface area contributed by atoms with Crippen LogP contribution in [0.4, 0.5) is 11.6 Å². The monoisotopic (exact) mass is 360 g/mol. The Bertz CT molecular complexity index is 925. The summed E-state index contributed by atoms with van der Waals surface area (Å²) in [6.45, 7) is 7.50. The van der Waals surface area contributed by atoms with Gasteiger partial charge < -0.3 is 10.2 Å². The second-order valence-electron chi connectivity index (χ2n) is 6.51. The number of nitrogens with one attached hydrogen (secondary N) is 1. The van der Waals surface area contributed by atoms with Crippen molar-refractivity contribution in [2.24, 2.45) is 0 Å². The molecule has 0 aliphatic rings. The van der Waals surface area contributed by atoms with Crippen LogP contribution in [-0.2, 0) is 6.54 Å². The fourth-order valence-electron chi connectivity index (χ4n) is 2.90. The maximum absolute atomic E-state index is 12.7. The van der Waals surface area contributed by atoms with Crippen LogP contribution in [0, 0.1) is 13.8 Å². The topological polar surface area (TPSA) is 58.1 Å². The molecule has 1 amide bonds. The summed E-state index contributed by atoms with van der Waals surface area (Å²) in [7, 11) is 0. The standard InChI is InChI=1S/C22H24N4O/c1-4-26(15-18-8-6-5-7-9-18)22-23-13-12-20(25-22)21(27)24-19-11-10-16(2)14-17(19)3/h5-14H,4,15H2,1-3H3,(H,24,27). The minimum Gasteiger partial charge on any atom is -0.337 e. The smallest absolute Gasteiger partial charge is 0.274 e. The molecule has 0 radical (unpaired) electrons. The van der Waals surface area contributed by atoms with E-state index in [9.17, 15) is 4.79 Å². The van der Waals surface area contributed by atoms with Gasteiger partial charge in [-0.05, 0) is 44.0 Å². The first kappa shape index (κ1) is 18.6. The van der Waals surface area contributed by atoms with E-state index in [1.807, 2.05) is 55.1 Å². The lowest BCUT2D eigenvalue weighted by Gasteiger charge is -2.21. The number of amides is 1. The van der Waals surface area contributed by atoms with Crippen LogP contribution in [0.1, 0.15) is 34.1 Å². The molecule has 27 heavy (non-hydrogen) atoms. The fourth-order valence-corrected chi connectivity index (χ4v) is 2.90. The predicted octanol–water partition coefficient (Wildman–Crippen LogP) is 4.37. The molecule has 3 aromatic rings. The molecule has 0 unspecified atom stereocenters. The fraction of sp³-hybridized carbons (Fsp3) is 0.227. The second kappa shape index (κ2) is 8.45. The highest BCUT2D eigenvalue weighted by molar-refractivity contribution is 6.03. The molecule has 1 aromatic heterocycles. The number of hydrogen-bond acceptors (Lipinski definition) is 4. The van der Waals surface area contributed by atoms with Crippen molar-refractivity contribution < 1.29 is 4.79 Å². The molecule has 0 saturated carbocycles. The summed E-state index contributed by atoms with van der Waals surface area (Å²) < 4.78 is 0. The Balaban J connectivity index is 1.78. The number of aromatic nitrogens is 2. The van der Waals surface area contributed by atoms with Gasteiger partial charge in [0, 0.05) is 25.0 Å². The molecule has 0 saturated heterocycles. The van der Waals surface area contributed by atoms with Crippen molar-refractivity contribution in [1.82, 2.24) is 9.97 Å². The van der Waals surface area contributed by atoms with Crippen molar-refractivity contribution in [2.45, 2.75) is 27.3 Å². The first-order valence-electron chi connectivity index (χ1n) is 9.07. The number of benzene rings is 2. The van der Waals surface area contributed by atoms with Crippen molar-refractivity contribution >= 4 is 17.5 Å². The molecule has 0 bridgehead atoms. The maximum Gasteiger partial charge on any atom is 0.274 e. The van der Waals surface area contributed by atoms with Crippen molar-refractivity contribution in [1.29, 1.82) is 0 Å². The summed E-state index contributed by atoms with van der Waals surface area (Å²) in [6, 6.07) is 17.7. The predicted molar refractivity (Wildman–Crippen MR) is 109 cm³/mol. The van der Waals surface area contributed by atoms with Gasteiger partial charge in [-0.3, -0.25) is 4.79 Å². The van der Waals surface area contributed by atoms with Crippen molar-refractivity contribution in [2.75, 3.05) is 16.8 Å². The van der Waals surface area contributed by atoms with Crippen LogP contribution >= 0.6 is 0 Å². The van der Waals surface area contributed by atoms with Gasteiger partial charge in [-0.2, -0.15) is 0 Å². The number of anilines is 2. The molecule has 0 aliphatic carbocycles. The van der Waals surface area contributed by atoms with Crippen LogP contribution in [0.2, 0.25) is 0 Å². The van der Waals surface area contributed by atoms with Gasteiger partial charge >= 0.3 is 0 Å². The Morgan fingerprint density at radius 1 is 1.07 bits per heavy atom. The minimum absolute atomic E-state index is 0.235. The van der Waals surface area contributed by atoms with Gasteiger partial charge in [0.25, 0.3) is 5.91 Å². The third kappa shape index (κ3) is 4.70. The summed E-state index contributed by atoms with van der Waals surface area (Å²) in [5.41, 5.74) is 4.51. The second-order valence-corrected chi connectivity index (χ2v) is 6.51. The highest BCUT2D eigenvalue weighted by atomic mass is 16.1. The molecular formula is C22H24N4O. The van der Waals surface area contributed by atoms with Crippen LogP contribution in [0.3, 0.4) is 0 Å². The zero-order chi connectivity index (χ0) is 19.2. The first-order chi connectivity index (χ1) is 13.1. The number of nitrogens with zero attached hydrogens (tertiary/aromatic N) is 3. The van der Waals surface area contributed by atoms with E-state index in [0.717, 1.165) is 23.4 Å². The van der Waals surface area contributed by atoms with E-state index in [4.69, 9.17) is 0 Å². The van der Waals surface area contributed by atoms with Crippen molar-refractivity contribution in [3.63, 3.8) is 0 Å². The van der Waals surface area contributed by atoms with Crippen LogP contribution in [0.25, 0.3) is 0 Å². The van der Waals surface area contributed by atoms with Crippen LogP contribution < -0.4 is 10.2 Å². The molecule has 1 heterocycles. The molecule has 138 valence electrons. The molecule has 0 aliphatic heterocycles.